The first-order valence-electron chi connectivity index (χ1n) is 10.2. The van der Waals surface area contributed by atoms with Crippen LogP contribution in [-0.2, 0) is 11.3 Å². The fourth-order valence-electron chi connectivity index (χ4n) is 6.43. The standard InChI is InChI=1S/C21H29N3O/c25-21(19-5-3-7-24(19)13-18-4-1-2-6-22-18)23-20-16-9-14-8-15(11-16)12-17(20)10-14/h1-2,4,6,14-17,19-20H,3,5,7-13H2,(H,23,25)/t14?,15?,16?,17?,19-,20?/m1/s1. The van der Waals surface area contributed by atoms with Gasteiger partial charge in [0.15, 0.2) is 0 Å². The van der Waals surface area contributed by atoms with Gasteiger partial charge in [0, 0.05) is 18.8 Å². The highest BCUT2D eigenvalue weighted by Gasteiger charge is 2.49. The minimum atomic E-state index is 0.0409. The molecule has 134 valence electrons. The molecule has 0 unspecified atom stereocenters. The van der Waals surface area contributed by atoms with Gasteiger partial charge in [-0.05, 0) is 87.3 Å². The van der Waals surface area contributed by atoms with Crippen molar-refractivity contribution in [2.75, 3.05) is 6.54 Å². The Kier molecular flexibility index (Phi) is 4.04. The van der Waals surface area contributed by atoms with Crippen LogP contribution in [0.25, 0.3) is 0 Å². The smallest absolute Gasteiger partial charge is 0.237 e. The van der Waals surface area contributed by atoms with Crippen LogP contribution in [0.3, 0.4) is 0 Å². The predicted molar refractivity (Wildman–Crippen MR) is 96.6 cm³/mol. The third kappa shape index (κ3) is 2.99. The average molecular weight is 339 g/mol. The highest BCUT2D eigenvalue weighted by atomic mass is 16.2. The van der Waals surface area contributed by atoms with E-state index in [1.807, 2.05) is 18.3 Å². The van der Waals surface area contributed by atoms with Crippen molar-refractivity contribution in [3.8, 4) is 0 Å². The summed E-state index contributed by atoms with van der Waals surface area (Å²) in [5.74, 6) is 3.72. The molecule has 0 radical (unpaired) electrons. The molecule has 5 aliphatic rings. The van der Waals surface area contributed by atoms with Gasteiger partial charge in [0.1, 0.15) is 0 Å². The van der Waals surface area contributed by atoms with Crippen molar-refractivity contribution in [1.29, 1.82) is 0 Å². The van der Waals surface area contributed by atoms with Crippen molar-refractivity contribution >= 4 is 5.91 Å². The van der Waals surface area contributed by atoms with E-state index in [0.717, 1.165) is 55.3 Å². The van der Waals surface area contributed by atoms with Crippen molar-refractivity contribution in [1.82, 2.24) is 15.2 Å². The van der Waals surface area contributed by atoms with Gasteiger partial charge in [-0.25, -0.2) is 0 Å². The quantitative estimate of drug-likeness (QED) is 0.917. The fraction of sp³-hybridized carbons (Fsp3) is 0.714. The second-order valence-electron chi connectivity index (χ2n) is 8.91. The predicted octanol–water partition coefficient (Wildman–Crippen LogP) is 2.99. The molecule has 25 heavy (non-hydrogen) atoms. The number of aromatic nitrogens is 1. The molecule has 1 amide bonds. The molecule has 4 nitrogen and oxygen atoms in total. The van der Waals surface area contributed by atoms with Crippen molar-refractivity contribution in [2.24, 2.45) is 23.7 Å². The lowest BCUT2D eigenvalue weighted by molar-refractivity contribution is -0.129. The number of rotatable bonds is 4. The minimum absolute atomic E-state index is 0.0409. The maximum atomic E-state index is 13.1. The maximum absolute atomic E-state index is 13.1. The van der Waals surface area contributed by atoms with Gasteiger partial charge in [-0.2, -0.15) is 0 Å². The third-order valence-corrected chi connectivity index (χ3v) is 7.29. The zero-order valence-corrected chi connectivity index (χ0v) is 14.9. The SMILES string of the molecule is O=C(NC1C2CC3CC(C2)CC1C3)[C@H]1CCCN1Cc1ccccn1. The number of hydrogen-bond donors (Lipinski definition) is 1. The molecule has 6 rings (SSSR count). The van der Waals surface area contributed by atoms with E-state index < -0.39 is 0 Å². The Bertz CT molecular complexity index is 603. The summed E-state index contributed by atoms with van der Waals surface area (Å²) in [6, 6.07) is 6.54. The molecule has 1 saturated heterocycles. The van der Waals surface area contributed by atoms with E-state index in [1.54, 1.807) is 0 Å². The summed E-state index contributed by atoms with van der Waals surface area (Å²) in [4.78, 5) is 19.8. The normalized spacial score (nSPS) is 39.7. The first-order chi connectivity index (χ1) is 12.3. The second-order valence-corrected chi connectivity index (χ2v) is 8.91. The minimum Gasteiger partial charge on any atom is -0.351 e. The Balaban J connectivity index is 1.24. The Morgan fingerprint density at radius 2 is 1.88 bits per heavy atom. The monoisotopic (exact) mass is 339 g/mol. The summed E-state index contributed by atoms with van der Waals surface area (Å²) >= 11 is 0. The molecule has 1 aromatic rings. The number of hydrogen-bond acceptors (Lipinski definition) is 3. The van der Waals surface area contributed by atoms with Gasteiger partial charge >= 0.3 is 0 Å². The van der Waals surface area contributed by atoms with Gasteiger partial charge in [0.2, 0.25) is 5.91 Å². The average Bonchev–Trinajstić information content (AvgIpc) is 3.06. The van der Waals surface area contributed by atoms with Crippen molar-refractivity contribution < 1.29 is 4.79 Å². The second kappa shape index (κ2) is 6.39. The molecule has 4 aliphatic carbocycles. The molecule has 0 aromatic carbocycles. The van der Waals surface area contributed by atoms with E-state index in [0.29, 0.717) is 6.04 Å². The zero-order chi connectivity index (χ0) is 16.8. The highest BCUT2D eigenvalue weighted by Crippen LogP contribution is 2.53. The maximum Gasteiger partial charge on any atom is 0.237 e. The molecule has 1 aromatic heterocycles. The first kappa shape index (κ1) is 15.8. The van der Waals surface area contributed by atoms with Gasteiger partial charge in [-0.3, -0.25) is 14.7 Å². The topological polar surface area (TPSA) is 45.2 Å². The molecule has 1 aliphatic heterocycles. The molecule has 1 atom stereocenters. The lowest BCUT2D eigenvalue weighted by Crippen LogP contribution is -2.58. The van der Waals surface area contributed by atoms with Crippen LogP contribution in [0.1, 0.15) is 50.6 Å². The number of nitrogens with zero attached hydrogens (tertiary/aromatic N) is 2. The van der Waals surface area contributed by atoms with Gasteiger partial charge in [-0.15, -0.1) is 0 Å². The molecule has 5 fully saturated rings. The Morgan fingerprint density at radius 3 is 2.56 bits per heavy atom. The van der Waals surface area contributed by atoms with Gasteiger partial charge in [0.25, 0.3) is 0 Å². The van der Waals surface area contributed by atoms with Gasteiger partial charge in [0.05, 0.1) is 11.7 Å². The summed E-state index contributed by atoms with van der Waals surface area (Å²) in [5.41, 5.74) is 1.07. The zero-order valence-electron chi connectivity index (χ0n) is 14.9. The molecule has 4 bridgehead atoms. The lowest BCUT2D eigenvalue weighted by Gasteiger charge is -2.54. The molecule has 4 saturated carbocycles. The molecular formula is C21H29N3O. The van der Waals surface area contributed by atoms with E-state index in [1.165, 1.54) is 32.1 Å². The van der Waals surface area contributed by atoms with Crippen LogP contribution in [0.15, 0.2) is 24.4 Å². The van der Waals surface area contributed by atoms with E-state index in [2.05, 4.69) is 21.3 Å². The largest absolute Gasteiger partial charge is 0.351 e. The van der Waals surface area contributed by atoms with Crippen LogP contribution in [0.4, 0.5) is 0 Å². The van der Waals surface area contributed by atoms with Gasteiger partial charge in [-0.1, -0.05) is 6.07 Å². The molecule has 2 heterocycles. The summed E-state index contributed by atoms with van der Waals surface area (Å²) < 4.78 is 0. The summed E-state index contributed by atoms with van der Waals surface area (Å²) in [6.45, 7) is 1.80. The van der Waals surface area contributed by atoms with E-state index >= 15 is 0 Å². The molecular weight excluding hydrogens is 310 g/mol. The van der Waals surface area contributed by atoms with E-state index in [4.69, 9.17) is 0 Å². The summed E-state index contributed by atoms with van der Waals surface area (Å²) in [7, 11) is 0. The van der Waals surface area contributed by atoms with Crippen molar-refractivity contribution in [3.05, 3.63) is 30.1 Å². The number of pyridine rings is 1. The highest BCUT2D eigenvalue weighted by molar-refractivity contribution is 5.82. The van der Waals surface area contributed by atoms with Crippen LogP contribution in [0.2, 0.25) is 0 Å². The van der Waals surface area contributed by atoms with Crippen molar-refractivity contribution in [2.45, 2.75) is 63.6 Å². The number of likely N-dealkylation sites (tertiary alicyclic amines) is 1. The van der Waals surface area contributed by atoms with Crippen molar-refractivity contribution in [3.63, 3.8) is 0 Å². The van der Waals surface area contributed by atoms with Crippen LogP contribution >= 0.6 is 0 Å². The van der Waals surface area contributed by atoms with E-state index in [-0.39, 0.29) is 11.9 Å². The van der Waals surface area contributed by atoms with Crippen LogP contribution in [0.5, 0.6) is 0 Å². The van der Waals surface area contributed by atoms with Gasteiger partial charge < -0.3 is 5.32 Å². The number of nitrogens with one attached hydrogen (secondary N) is 1. The van der Waals surface area contributed by atoms with E-state index in [9.17, 15) is 4.79 Å². The Labute approximate surface area is 150 Å². The Hall–Kier alpha value is -1.42. The number of carbonyl (C=O) groups is 1. The Morgan fingerprint density at radius 1 is 1.12 bits per heavy atom. The van der Waals surface area contributed by atoms with Crippen LogP contribution in [0, 0.1) is 23.7 Å². The molecule has 0 spiro atoms. The first-order valence-corrected chi connectivity index (χ1v) is 10.2. The molecule has 1 N–H and O–H groups in total. The third-order valence-electron chi connectivity index (χ3n) is 7.29. The lowest BCUT2D eigenvalue weighted by atomic mass is 9.54. The van der Waals surface area contributed by atoms with Crippen LogP contribution in [-0.4, -0.2) is 34.4 Å². The summed E-state index contributed by atoms with van der Waals surface area (Å²) in [5, 5.41) is 3.52. The van der Waals surface area contributed by atoms with Crippen LogP contribution < -0.4 is 5.32 Å². The number of carbonyl (C=O) groups excluding carboxylic acids is 1. The molecule has 4 heteroatoms. The number of amides is 1. The fourth-order valence-corrected chi connectivity index (χ4v) is 6.43. The summed E-state index contributed by atoms with van der Waals surface area (Å²) in [6.07, 6.45) is 10.9.